The van der Waals surface area contributed by atoms with E-state index in [1.165, 1.54) is 4.90 Å². The smallest absolute Gasteiger partial charge is 0.311 e. The van der Waals surface area contributed by atoms with Crippen LogP contribution in [0.1, 0.15) is 30.1 Å². The van der Waals surface area contributed by atoms with E-state index in [-0.39, 0.29) is 13.1 Å². The van der Waals surface area contributed by atoms with Crippen LogP contribution in [0, 0.1) is 22.9 Å². The molecule has 0 saturated carbocycles. The van der Waals surface area contributed by atoms with Crippen molar-refractivity contribution in [1.82, 2.24) is 0 Å². The number of carbonyl (C=O) groups is 2. The first-order valence-corrected chi connectivity index (χ1v) is 6.92. The number of carboxylic acid groups (broad SMARTS) is 1. The summed E-state index contributed by atoms with van der Waals surface area (Å²) in [6, 6.07) is 0.490. The zero-order chi connectivity index (χ0) is 17.4. The number of hydrogen-bond acceptors (Lipinski definition) is 3. The molecule has 0 spiro atoms. The monoisotopic (exact) mass is 333 g/mol. The summed E-state index contributed by atoms with van der Waals surface area (Å²) in [7, 11) is 0. The van der Waals surface area contributed by atoms with Gasteiger partial charge in [-0.1, -0.05) is 6.92 Å². The summed E-state index contributed by atoms with van der Waals surface area (Å²) in [5, 5.41) is 8.51. The Bertz CT molecular complexity index is 665. The van der Waals surface area contributed by atoms with Crippen LogP contribution < -0.4 is 4.90 Å². The summed E-state index contributed by atoms with van der Waals surface area (Å²) < 4.78 is 55.3. The SMILES string of the molecule is CC1(CF)CCN(c2c(F)cc(C(=O)CC(=O)O)c(F)c2F)C1. The fraction of sp³-hybridized carbons (Fsp3) is 0.467. The molecule has 4 nitrogen and oxygen atoms in total. The number of halogens is 4. The molecule has 0 aromatic heterocycles. The van der Waals surface area contributed by atoms with E-state index in [1.54, 1.807) is 6.92 Å². The van der Waals surface area contributed by atoms with Crippen LogP contribution in [0.5, 0.6) is 0 Å². The van der Waals surface area contributed by atoms with Gasteiger partial charge in [-0.25, -0.2) is 13.2 Å². The molecule has 2 rings (SSSR count). The van der Waals surface area contributed by atoms with Gasteiger partial charge in [0, 0.05) is 18.5 Å². The lowest BCUT2D eigenvalue weighted by Gasteiger charge is -2.24. The van der Waals surface area contributed by atoms with Crippen molar-refractivity contribution in [1.29, 1.82) is 0 Å². The summed E-state index contributed by atoms with van der Waals surface area (Å²) in [6.07, 6.45) is -0.720. The van der Waals surface area contributed by atoms with Crippen molar-refractivity contribution in [2.24, 2.45) is 5.41 Å². The number of benzene rings is 1. The van der Waals surface area contributed by atoms with Gasteiger partial charge >= 0.3 is 5.97 Å². The number of hydrogen-bond donors (Lipinski definition) is 1. The Balaban J connectivity index is 2.39. The number of rotatable bonds is 5. The maximum atomic E-state index is 14.2. The van der Waals surface area contributed by atoms with Crippen molar-refractivity contribution in [2.75, 3.05) is 24.7 Å². The van der Waals surface area contributed by atoms with Crippen LogP contribution in [0.4, 0.5) is 23.2 Å². The topological polar surface area (TPSA) is 57.6 Å². The normalized spacial score (nSPS) is 20.8. The second-order valence-corrected chi connectivity index (χ2v) is 5.99. The second kappa shape index (κ2) is 6.17. The van der Waals surface area contributed by atoms with Gasteiger partial charge in [0.05, 0.1) is 12.2 Å². The zero-order valence-electron chi connectivity index (χ0n) is 12.3. The van der Waals surface area contributed by atoms with Crippen molar-refractivity contribution in [3.8, 4) is 0 Å². The van der Waals surface area contributed by atoms with Crippen LogP contribution in [-0.2, 0) is 4.79 Å². The average Bonchev–Trinajstić information content (AvgIpc) is 2.85. The van der Waals surface area contributed by atoms with E-state index in [1.807, 2.05) is 0 Å². The Morgan fingerprint density at radius 1 is 1.30 bits per heavy atom. The highest BCUT2D eigenvalue weighted by molar-refractivity contribution is 6.05. The molecule has 23 heavy (non-hydrogen) atoms. The van der Waals surface area contributed by atoms with Crippen LogP contribution in [0.2, 0.25) is 0 Å². The third-order valence-electron chi connectivity index (χ3n) is 3.94. The highest BCUT2D eigenvalue weighted by Crippen LogP contribution is 2.37. The number of carbonyl (C=O) groups excluding carboxylic acids is 1. The maximum absolute atomic E-state index is 14.2. The highest BCUT2D eigenvalue weighted by atomic mass is 19.2. The van der Waals surface area contributed by atoms with Gasteiger partial charge in [-0.05, 0) is 12.5 Å². The number of carboxylic acids is 1. The van der Waals surface area contributed by atoms with Crippen LogP contribution in [0.3, 0.4) is 0 Å². The van der Waals surface area contributed by atoms with Gasteiger partial charge in [-0.2, -0.15) is 0 Å². The van der Waals surface area contributed by atoms with Crippen molar-refractivity contribution in [3.63, 3.8) is 0 Å². The average molecular weight is 333 g/mol. The van der Waals surface area contributed by atoms with Gasteiger partial charge in [0.25, 0.3) is 0 Å². The predicted octanol–water partition coefficient (Wildman–Crippen LogP) is 2.95. The quantitative estimate of drug-likeness (QED) is 0.390. The molecule has 1 aromatic carbocycles. The van der Waals surface area contributed by atoms with Crippen LogP contribution >= 0.6 is 0 Å². The van der Waals surface area contributed by atoms with Gasteiger partial charge in [0.1, 0.15) is 17.9 Å². The number of anilines is 1. The summed E-state index contributed by atoms with van der Waals surface area (Å²) in [4.78, 5) is 23.2. The van der Waals surface area contributed by atoms with E-state index < -0.39 is 59.0 Å². The molecule has 126 valence electrons. The first kappa shape index (κ1) is 17.2. The number of ketones is 1. The maximum Gasteiger partial charge on any atom is 0.311 e. The molecule has 1 N–H and O–H groups in total. The van der Waals surface area contributed by atoms with Crippen molar-refractivity contribution < 1.29 is 32.3 Å². The summed E-state index contributed by atoms with van der Waals surface area (Å²) in [5.41, 5.74) is -2.38. The van der Waals surface area contributed by atoms with E-state index >= 15 is 0 Å². The minimum absolute atomic E-state index is 0.0131. The number of alkyl halides is 1. The molecule has 1 unspecified atom stereocenters. The largest absolute Gasteiger partial charge is 0.481 e. The fourth-order valence-corrected chi connectivity index (χ4v) is 2.63. The van der Waals surface area contributed by atoms with Gasteiger partial charge in [0.2, 0.25) is 0 Å². The van der Waals surface area contributed by atoms with Crippen LogP contribution in [0.15, 0.2) is 6.07 Å². The Morgan fingerprint density at radius 3 is 2.48 bits per heavy atom. The van der Waals surface area contributed by atoms with E-state index in [0.717, 1.165) is 0 Å². The Hall–Kier alpha value is -2.12. The van der Waals surface area contributed by atoms with Crippen LogP contribution in [-0.4, -0.2) is 36.6 Å². The molecule has 0 bridgehead atoms. The Morgan fingerprint density at radius 2 is 1.96 bits per heavy atom. The van der Waals surface area contributed by atoms with Crippen molar-refractivity contribution in [2.45, 2.75) is 19.8 Å². The molecule has 1 heterocycles. The molecule has 0 radical (unpaired) electrons. The van der Waals surface area contributed by atoms with Crippen molar-refractivity contribution in [3.05, 3.63) is 29.1 Å². The van der Waals surface area contributed by atoms with Gasteiger partial charge < -0.3 is 10.0 Å². The molecule has 1 atom stereocenters. The zero-order valence-corrected chi connectivity index (χ0v) is 12.3. The van der Waals surface area contributed by atoms with E-state index in [9.17, 15) is 27.2 Å². The summed E-state index contributed by atoms with van der Waals surface area (Å²) >= 11 is 0. The van der Waals surface area contributed by atoms with Gasteiger partial charge in [0.15, 0.2) is 17.4 Å². The molecule has 1 aliphatic heterocycles. The van der Waals surface area contributed by atoms with E-state index in [0.29, 0.717) is 12.5 Å². The van der Waals surface area contributed by atoms with Gasteiger partial charge in [-0.3, -0.25) is 14.0 Å². The lowest BCUT2D eigenvalue weighted by atomic mass is 9.92. The van der Waals surface area contributed by atoms with E-state index in [4.69, 9.17) is 5.11 Å². The molecule has 8 heteroatoms. The molecular formula is C15H15F4NO3. The third-order valence-corrected chi connectivity index (χ3v) is 3.94. The first-order valence-electron chi connectivity index (χ1n) is 6.92. The summed E-state index contributed by atoms with van der Waals surface area (Å²) in [6.45, 7) is 1.10. The third kappa shape index (κ3) is 3.30. The Kier molecular flexibility index (Phi) is 4.63. The minimum atomic E-state index is -1.60. The van der Waals surface area contributed by atoms with Crippen LogP contribution in [0.25, 0.3) is 0 Å². The lowest BCUT2D eigenvalue weighted by molar-refractivity contribution is -0.135. The lowest BCUT2D eigenvalue weighted by Crippen LogP contribution is -2.28. The minimum Gasteiger partial charge on any atom is -0.481 e. The molecule has 1 saturated heterocycles. The Labute approximate surface area is 129 Å². The molecule has 1 fully saturated rings. The van der Waals surface area contributed by atoms with Gasteiger partial charge in [-0.15, -0.1) is 0 Å². The number of aliphatic carboxylic acids is 1. The standard InChI is InChI=1S/C15H15F4NO3/c1-15(6-16)2-3-20(7-15)14-9(17)4-8(12(18)13(14)19)10(21)5-11(22)23/h4H,2-3,5-7H2,1H3,(H,22,23). The molecule has 0 aliphatic carbocycles. The molecule has 0 amide bonds. The molecular weight excluding hydrogens is 318 g/mol. The molecule has 1 aliphatic rings. The summed E-state index contributed by atoms with van der Waals surface area (Å²) in [5.74, 6) is -7.10. The van der Waals surface area contributed by atoms with E-state index in [2.05, 4.69) is 0 Å². The number of Topliss-reactive ketones (excluding diaryl/α,β-unsaturated/α-hetero) is 1. The highest BCUT2D eigenvalue weighted by Gasteiger charge is 2.37. The fourth-order valence-electron chi connectivity index (χ4n) is 2.63. The molecule has 1 aromatic rings. The van der Waals surface area contributed by atoms with Crippen molar-refractivity contribution >= 4 is 17.4 Å². The second-order valence-electron chi connectivity index (χ2n) is 5.99. The first-order chi connectivity index (χ1) is 10.7. The predicted molar refractivity (Wildman–Crippen MR) is 73.8 cm³/mol. The number of nitrogens with zero attached hydrogens (tertiary/aromatic N) is 1.